The molecule has 3 N–H and O–H groups in total. The molecule has 5 rings (SSSR count). The van der Waals surface area contributed by atoms with Crippen LogP contribution in [-0.2, 0) is 6.42 Å². The van der Waals surface area contributed by atoms with E-state index in [4.69, 9.17) is 0 Å². The standard InChI is InChI=1S/C25H21F3N4O/c1-14-17(26)3-2-4-18(14)31-22-20-19(7-12-30-23(20)33)32-21(22)16-6-11-29-13-15(16)5-8-25(9-10-25)24(27)28/h2-4,6,11,13,24,31-32H,7,9-10,12H2,1H3,(H,30,33). The van der Waals surface area contributed by atoms with E-state index in [1.807, 2.05) is 0 Å². The van der Waals surface area contributed by atoms with Crippen molar-refractivity contribution in [3.05, 3.63) is 64.9 Å². The molecule has 1 aliphatic heterocycles. The molecule has 2 aromatic heterocycles. The Labute approximate surface area is 188 Å². The number of rotatable bonds is 4. The van der Waals surface area contributed by atoms with E-state index in [9.17, 15) is 18.0 Å². The maximum atomic E-state index is 14.2. The molecular formula is C25H21F3N4O. The molecule has 0 radical (unpaired) electrons. The number of anilines is 2. The third-order valence-electron chi connectivity index (χ3n) is 6.24. The minimum Gasteiger partial charge on any atom is -0.356 e. The summed E-state index contributed by atoms with van der Waals surface area (Å²) in [5.74, 6) is 5.04. The van der Waals surface area contributed by atoms with Crippen LogP contribution in [0.3, 0.4) is 0 Å². The second-order valence-corrected chi connectivity index (χ2v) is 8.40. The van der Waals surface area contributed by atoms with E-state index in [1.54, 1.807) is 31.3 Å². The number of amides is 1. The lowest BCUT2D eigenvalue weighted by atomic mass is 10.0. The van der Waals surface area contributed by atoms with Gasteiger partial charge < -0.3 is 15.6 Å². The molecule has 5 nitrogen and oxygen atoms in total. The average Bonchev–Trinajstić information content (AvgIpc) is 3.52. The number of aromatic amines is 1. The number of hydrogen-bond acceptors (Lipinski definition) is 3. The van der Waals surface area contributed by atoms with Crippen molar-refractivity contribution in [3.63, 3.8) is 0 Å². The van der Waals surface area contributed by atoms with Crippen molar-refractivity contribution in [1.29, 1.82) is 0 Å². The van der Waals surface area contributed by atoms with Crippen LogP contribution >= 0.6 is 0 Å². The van der Waals surface area contributed by atoms with Gasteiger partial charge in [-0.1, -0.05) is 17.9 Å². The summed E-state index contributed by atoms with van der Waals surface area (Å²) in [7, 11) is 0. The van der Waals surface area contributed by atoms with Gasteiger partial charge in [0.25, 0.3) is 12.3 Å². The Bertz CT molecular complexity index is 1310. The van der Waals surface area contributed by atoms with Crippen molar-refractivity contribution in [2.75, 3.05) is 11.9 Å². The number of H-pyrrole nitrogens is 1. The van der Waals surface area contributed by atoms with Gasteiger partial charge in [0, 0.05) is 47.9 Å². The average molecular weight is 450 g/mol. The highest BCUT2D eigenvalue weighted by atomic mass is 19.3. The summed E-state index contributed by atoms with van der Waals surface area (Å²) < 4.78 is 40.9. The Morgan fingerprint density at radius 2 is 2.06 bits per heavy atom. The predicted octanol–water partition coefficient (Wildman–Crippen LogP) is 4.95. The first-order chi connectivity index (χ1) is 15.9. The number of hydrogen-bond donors (Lipinski definition) is 3. The Kier molecular flexibility index (Phi) is 5.12. The number of nitrogens with one attached hydrogen (secondary N) is 3. The third kappa shape index (κ3) is 3.74. The second-order valence-electron chi connectivity index (χ2n) is 8.40. The highest BCUT2D eigenvalue weighted by Crippen LogP contribution is 2.50. The highest BCUT2D eigenvalue weighted by Gasteiger charge is 2.50. The fourth-order valence-corrected chi connectivity index (χ4v) is 4.02. The summed E-state index contributed by atoms with van der Waals surface area (Å²) in [6, 6.07) is 6.42. The molecule has 0 atom stereocenters. The number of alkyl halides is 2. The van der Waals surface area contributed by atoms with Gasteiger partial charge in [0.1, 0.15) is 5.82 Å². The van der Waals surface area contributed by atoms with Crippen molar-refractivity contribution in [1.82, 2.24) is 15.3 Å². The largest absolute Gasteiger partial charge is 0.356 e. The number of benzene rings is 1. The van der Waals surface area contributed by atoms with Gasteiger partial charge >= 0.3 is 0 Å². The number of aromatic nitrogens is 2. The molecule has 0 unspecified atom stereocenters. The van der Waals surface area contributed by atoms with Crippen LogP contribution in [-0.4, -0.2) is 28.8 Å². The van der Waals surface area contributed by atoms with Crippen LogP contribution in [0.1, 0.15) is 40.0 Å². The number of fused-ring (bicyclic) bond motifs is 1. The Morgan fingerprint density at radius 3 is 2.82 bits per heavy atom. The zero-order valence-electron chi connectivity index (χ0n) is 17.9. The van der Waals surface area contributed by atoms with E-state index < -0.39 is 11.8 Å². The van der Waals surface area contributed by atoms with E-state index in [2.05, 4.69) is 32.4 Å². The summed E-state index contributed by atoms with van der Waals surface area (Å²) in [5, 5.41) is 6.07. The Hall–Kier alpha value is -3.73. The molecule has 1 fully saturated rings. The normalized spacial score (nSPS) is 16.0. The summed E-state index contributed by atoms with van der Waals surface area (Å²) in [6.45, 7) is 2.14. The quantitative estimate of drug-likeness (QED) is 0.493. The fourth-order valence-electron chi connectivity index (χ4n) is 4.02. The summed E-state index contributed by atoms with van der Waals surface area (Å²) >= 11 is 0. The van der Waals surface area contributed by atoms with Crippen LogP contribution in [0.2, 0.25) is 0 Å². The lowest BCUT2D eigenvalue weighted by Gasteiger charge is -2.16. The molecule has 2 aliphatic rings. The molecule has 0 bridgehead atoms. The van der Waals surface area contributed by atoms with Gasteiger partial charge in [0.05, 0.1) is 27.9 Å². The predicted molar refractivity (Wildman–Crippen MR) is 119 cm³/mol. The van der Waals surface area contributed by atoms with Gasteiger partial charge in [-0.05, 0) is 38.0 Å². The minimum atomic E-state index is -2.50. The molecule has 1 aliphatic carbocycles. The molecule has 168 valence electrons. The van der Waals surface area contributed by atoms with Gasteiger partial charge in [0.15, 0.2) is 0 Å². The molecule has 1 amide bonds. The summed E-state index contributed by atoms with van der Waals surface area (Å²) in [4.78, 5) is 20.2. The molecular weight excluding hydrogens is 429 g/mol. The van der Waals surface area contributed by atoms with Crippen molar-refractivity contribution in [3.8, 4) is 23.1 Å². The maximum absolute atomic E-state index is 14.2. The first-order valence-corrected chi connectivity index (χ1v) is 10.7. The number of halogens is 3. The zero-order chi connectivity index (χ0) is 23.2. The fraction of sp³-hybridized carbons (Fsp3) is 0.280. The lowest BCUT2D eigenvalue weighted by Crippen LogP contribution is -2.31. The van der Waals surface area contributed by atoms with Crippen LogP contribution in [0, 0.1) is 30.0 Å². The van der Waals surface area contributed by atoms with Gasteiger partial charge in [0.2, 0.25) is 0 Å². The zero-order valence-corrected chi connectivity index (χ0v) is 17.9. The lowest BCUT2D eigenvalue weighted by molar-refractivity contribution is 0.0920. The SMILES string of the molecule is Cc1c(F)cccc1Nc1c(-c2ccncc2C#CC2(C(F)F)CC2)[nH]c2c1C(=O)NCC2. The van der Waals surface area contributed by atoms with Crippen molar-refractivity contribution in [2.24, 2.45) is 5.41 Å². The van der Waals surface area contributed by atoms with Crippen molar-refractivity contribution >= 4 is 17.3 Å². The molecule has 8 heteroatoms. The highest BCUT2D eigenvalue weighted by molar-refractivity contribution is 6.06. The van der Waals surface area contributed by atoms with Crippen LogP contribution < -0.4 is 10.6 Å². The summed E-state index contributed by atoms with van der Waals surface area (Å²) in [6.07, 6.45) is 1.95. The topological polar surface area (TPSA) is 69.8 Å². The van der Waals surface area contributed by atoms with Gasteiger partial charge in [-0.15, -0.1) is 0 Å². The first kappa shape index (κ1) is 21.1. The Balaban J connectivity index is 1.65. The second kappa shape index (κ2) is 8.00. The van der Waals surface area contributed by atoms with Gasteiger partial charge in [-0.2, -0.15) is 0 Å². The number of carbonyl (C=O) groups is 1. The van der Waals surface area contributed by atoms with E-state index in [-0.39, 0.29) is 11.7 Å². The first-order valence-electron chi connectivity index (χ1n) is 10.7. The van der Waals surface area contributed by atoms with Gasteiger partial charge in [-0.3, -0.25) is 9.78 Å². The molecule has 1 saturated carbocycles. The van der Waals surface area contributed by atoms with E-state index in [1.165, 1.54) is 12.3 Å². The number of carbonyl (C=O) groups excluding carboxylic acids is 1. The smallest absolute Gasteiger partial charge is 0.255 e. The summed E-state index contributed by atoms with van der Waals surface area (Å²) in [5.41, 5.74) is 3.04. The van der Waals surface area contributed by atoms with E-state index in [0.717, 1.165) is 5.69 Å². The minimum absolute atomic E-state index is 0.244. The third-order valence-corrected chi connectivity index (χ3v) is 6.24. The van der Waals surface area contributed by atoms with Crippen LogP contribution in [0.4, 0.5) is 24.5 Å². The molecule has 0 saturated heterocycles. The molecule has 3 aromatic rings. The van der Waals surface area contributed by atoms with Crippen LogP contribution in [0.15, 0.2) is 36.7 Å². The maximum Gasteiger partial charge on any atom is 0.255 e. The van der Waals surface area contributed by atoms with Crippen LogP contribution in [0.25, 0.3) is 11.3 Å². The molecule has 1 aromatic carbocycles. The number of pyridine rings is 1. The van der Waals surface area contributed by atoms with E-state index >= 15 is 0 Å². The van der Waals surface area contributed by atoms with Gasteiger partial charge in [-0.25, -0.2) is 13.2 Å². The monoisotopic (exact) mass is 450 g/mol. The van der Waals surface area contributed by atoms with Crippen LogP contribution in [0.5, 0.6) is 0 Å². The van der Waals surface area contributed by atoms with Crippen molar-refractivity contribution in [2.45, 2.75) is 32.6 Å². The molecule has 33 heavy (non-hydrogen) atoms. The molecule has 3 heterocycles. The number of nitrogens with zero attached hydrogens (tertiary/aromatic N) is 1. The van der Waals surface area contributed by atoms with Crippen molar-refractivity contribution < 1.29 is 18.0 Å². The van der Waals surface area contributed by atoms with E-state index in [0.29, 0.717) is 65.1 Å². The Morgan fingerprint density at radius 1 is 1.24 bits per heavy atom. The molecule has 0 spiro atoms.